The van der Waals surface area contributed by atoms with Gasteiger partial charge in [-0.05, 0) is 0 Å². The number of hydrogen-bond donors (Lipinski definition) is 0. The summed E-state index contributed by atoms with van der Waals surface area (Å²) in [6.45, 7) is 18.3. The van der Waals surface area contributed by atoms with E-state index in [4.69, 9.17) is 0 Å². The third-order valence-electron chi connectivity index (χ3n) is 2.85. The monoisotopic (exact) mass is 348 g/mol. The zero-order chi connectivity index (χ0) is 15.6. The van der Waals surface area contributed by atoms with E-state index >= 15 is 0 Å². The second-order valence-electron chi connectivity index (χ2n) is 4.80. The van der Waals surface area contributed by atoms with Crippen molar-refractivity contribution in [2.24, 2.45) is 0 Å². The van der Waals surface area contributed by atoms with E-state index in [9.17, 15) is 0 Å². The van der Waals surface area contributed by atoms with Crippen LogP contribution in [-0.4, -0.2) is 51.4 Å². The van der Waals surface area contributed by atoms with Crippen molar-refractivity contribution in [1.82, 2.24) is 0 Å². The second kappa shape index (κ2) is 22.7. The molecule has 0 aromatic carbocycles. The van der Waals surface area contributed by atoms with E-state index < -0.39 is 0 Å². The molecule has 126 valence electrons. The molecular weight excluding hydrogens is 314 g/mol. The topological polar surface area (TPSA) is 56.4 Å². The van der Waals surface area contributed by atoms with Gasteiger partial charge in [-0.2, -0.15) is 39.3 Å². The molecule has 4 nitrogen and oxygen atoms in total. The van der Waals surface area contributed by atoms with Crippen LogP contribution >= 0.6 is 0 Å². The normalized spacial score (nSPS) is 12.9. The molecule has 0 aromatic rings. The summed E-state index contributed by atoms with van der Waals surface area (Å²) < 4.78 is 0. The minimum atomic E-state index is 0. The van der Waals surface area contributed by atoms with E-state index in [-0.39, 0.29) is 19.5 Å². The first-order chi connectivity index (χ1) is 9.62. The Morgan fingerprint density at radius 2 is 0.952 bits per heavy atom. The average Bonchev–Trinajstić information content (AvgIpc) is 2.41. The third-order valence-corrected chi connectivity index (χ3v) is 2.85. The van der Waals surface area contributed by atoms with Gasteiger partial charge in [-0.15, -0.1) is 12.1 Å². The Bertz CT molecular complexity index is 152. The average molecular weight is 350 g/mol. The van der Waals surface area contributed by atoms with Crippen molar-refractivity contribution in [2.45, 2.75) is 66.5 Å². The smallest absolute Gasteiger partial charge is 0 e. The third kappa shape index (κ3) is 25.7. The zero-order valence-electron chi connectivity index (χ0n) is 15.3. The van der Waals surface area contributed by atoms with E-state index in [1.54, 1.807) is 0 Å². The van der Waals surface area contributed by atoms with Crippen molar-refractivity contribution in [3.63, 3.8) is 0 Å². The summed E-state index contributed by atoms with van der Waals surface area (Å²) in [7, 11) is 0. The van der Waals surface area contributed by atoms with Gasteiger partial charge < -0.3 is 21.3 Å². The Labute approximate surface area is 146 Å². The maximum absolute atomic E-state index is 4.34. The van der Waals surface area contributed by atoms with Crippen molar-refractivity contribution in [3.8, 4) is 0 Å². The van der Waals surface area contributed by atoms with Crippen molar-refractivity contribution in [1.29, 1.82) is 0 Å². The predicted molar refractivity (Wildman–Crippen MR) is 93.5 cm³/mol. The summed E-state index contributed by atoms with van der Waals surface area (Å²) in [5.41, 5.74) is 0. The Morgan fingerprint density at radius 3 is 1.19 bits per heavy atom. The fraction of sp³-hybridized carbons (Fsp3) is 1.00. The van der Waals surface area contributed by atoms with Gasteiger partial charge in [0.15, 0.2) is 0 Å². The van der Waals surface area contributed by atoms with Gasteiger partial charge in [-0.25, -0.2) is 0 Å². The molecule has 0 spiro atoms. The van der Waals surface area contributed by atoms with E-state index in [1.807, 2.05) is 0 Å². The minimum absolute atomic E-state index is 0. The first-order valence-electron chi connectivity index (χ1n) is 8.21. The number of nitrogens with zero attached hydrogens (tertiary/aromatic N) is 4. The van der Waals surface area contributed by atoms with E-state index in [0.29, 0.717) is 12.1 Å². The number of rotatable bonds is 12. The quantitative estimate of drug-likeness (QED) is 0.347. The minimum Gasteiger partial charge on any atom is -0.663 e. The molecule has 2 atom stereocenters. The van der Waals surface area contributed by atoms with Crippen LogP contribution in [0, 0.1) is 0 Å². The number of hydrogen-bond acceptors (Lipinski definition) is 0. The molecule has 5 heteroatoms. The molecule has 0 heterocycles. The van der Waals surface area contributed by atoms with Crippen LogP contribution in [0.4, 0.5) is 0 Å². The Balaban J connectivity index is -0.000000295. The molecule has 0 saturated heterocycles. The zero-order valence-corrected chi connectivity index (χ0v) is 18.3. The molecule has 0 aliphatic rings. The molecule has 0 fully saturated rings. The summed E-state index contributed by atoms with van der Waals surface area (Å²) >= 11 is 0. The maximum Gasteiger partial charge on any atom is 0 e. The van der Waals surface area contributed by atoms with Crippen LogP contribution in [-0.2, 0) is 19.5 Å². The van der Waals surface area contributed by atoms with Gasteiger partial charge in [0.25, 0.3) is 0 Å². The summed E-state index contributed by atoms with van der Waals surface area (Å²) in [6, 6.07) is 1.00. The van der Waals surface area contributed by atoms with Crippen molar-refractivity contribution in [2.75, 3.05) is 39.3 Å². The molecular formula is C16H36N4Zn-4. The van der Waals surface area contributed by atoms with Crippen LogP contribution in [0.1, 0.15) is 54.4 Å². The molecule has 0 aliphatic carbocycles. The standard InChI is InChI=1S/2C8H18N2.Zn/c2*1-4-9-7-6-8(3)10-5-2;/h2*8H,4-7H2,1-3H3;/q2*-2;. The molecule has 0 saturated carbocycles. The summed E-state index contributed by atoms with van der Waals surface area (Å²) in [6.07, 6.45) is 2.23. The van der Waals surface area contributed by atoms with E-state index in [2.05, 4.69) is 62.8 Å². The molecule has 0 N–H and O–H groups in total. The Hall–Kier alpha value is 0.463. The predicted octanol–water partition coefficient (Wildman–Crippen LogP) is 5.10. The molecule has 2 unspecified atom stereocenters. The van der Waals surface area contributed by atoms with Gasteiger partial charge in [-0.3, -0.25) is 0 Å². The van der Waals surface area contributed by atoms with Crippen LogP contribution in [0.15, 0.2) is 0 Å². The largest absolute Gasteiger partial charge is 0.663 e. The van der Waals surface area contributed by atoms with Gasteiger partial charge >= 0.3 is 0 Å². The summed E-state index contributed by atoms with van der Waals surface area (Å²) in [4.78, 5) is 0. The van der Waals surface area contributed by atoms with Crippen LogP contribution in [0.5, 0.6) is 0 Å². The van der Waals surface area contributed by atoms with Gasteiger partial charge in [0.2, 0.25) is 0 Å². The van der Waals surface area contributed by atoms with Crippen LogP contribution in [0.3, 0.4) is 0 Å². The van der Waals surface area contributed by atoms with Gasteiger partial charge in [0.05, 0.1) is 0 Å². The summed E-state index contributed by atoms with van der Waals surface area (Å²) in [5, 5.41) is 17.1. The van der Waals surface area contributed by atoms with E-state index in [0.717, 1.165) is 52.1 Å². The molecule has 0 aromatic heterocycles. The van der Waals surface area contributed by atoms with Gasteiger partial charge in [-0.1, -0.05) is 54.4 Å². The molecule has 21 heavy (non-hydrogen) atoms. The van der Waals surface area contributed by atoms with Crippen LogP contribution in [0.2, 0.25) is 0 Å². The first-order valence-corrected chi connectivity index (χ1v) is 8.21. The van der Waals surface area contributed by atoms with Crippen molar-refractivity contribution in [3.05, 3.63) is 21.3 Å². The Kier molecular flexibility index (Phi) is 28.5. The van der Waals surface area contributed by atoms with Gasteiger partial charge in [0, 0.05) is 19.5 Å². The fourth-order valence-corrected chi connectivity index (χ4v) is 1.68. The molecule has 0 rings (SSSR count). The fourth-order valence-electron chi connectivity index (χ4n) is 1.68. The van der Waals surface area contributed by atoms with Crippen LogP contribution in [0.25, 0.3) is 21.3 Å². The second-order valence-corrected chi connectivity index (χ2v) is 4.80. The van der Waals surface area contributed by atoms with Gasteiger partial charge in [0.1, 0.15) is 0 Å². The molecule has 0 aliphatic heterocycles. The van der Waals surface area contributed by atoms with Crippen LogP contribution < -0.4 is 0 Å². The SMILES string of the molecule is CC[N-]CCC(C)[N-]CC.CC[N-]CCC(C)[N-]CC.[Zn]. The summed E-state index contributed by atoms with van der Waals surface area (Å²) in [5.74, 6) is 0. The first kappa shape index (κ1) is 26.4. The van der Waals surface area contributed by atoms with E-state index in [1.165, 1.54) is 0 Å². The van der Waals surface area contributed by atoms with Crippen molar-refractivity contribution >= 4 is 0 Å². The molecule has 0 radical (unpaired) electrons. The molecule has 0 bridgehead atoms. The molecule has 0 amide bonds. The Morgan fingerprint density at radius 1 is 0.619 bits per heavy atom. The maximum atomic E-state index is 4.34. The van der Waals surface area contributed by atoms with Crippen molar-refractivity contribution < 1.29 is 19.5 Å².